The average molecular weight is 421 g/mol. The Morgan fingerprint density at radius 1 is 1.03 bits per heavy atom. The second-order valence-corrected chi connectivity index (χ2v) is 7.33. The molecular weight excluding hydrogens is 402 g/mol. The molecule has 0 saturated heterocycles. The Morgan fingerprint density at radius 2 is 1.88 bits per heavy atom. The number of ether oxygens (including phenoxy) is 1. The molecule has 0 aliphatic rings. The van der Waals surface area contributed by atoms with Crippen molar-refractivity contribution in [2.24, 2.45) is 12.8 Å². The van der Waals surface area contributed by atoms with E-state index in [0.29, 0.717) is 35.0 Å². The SMILES string of the molecule is Cn1nc(-c2ccccc2)cc1Oc1cc(C#N)ccc1-c1ccc2c(CN)noc2c1. The van der Waals surface area contributed by atoms with E-state index in [9.17, 15) is 5.26 Å². The van der Waals surface area contributed by atoms with E-state index in [1.807, 2.05) is 67.7 Å². The highest BCUT2D eigenvalue weighted by molar-refractivity contribution is 5.86. The molecule has 3 aromatic carbocycles. The molecule has 0 bridgehead atoms. The average Bonchev–Trinajstić information content (AvgIpc) is 3.42. The van der Waals surface area contributed by atoms with Gasteiger partial charge in [0, 0.05) is 36.2 Å². The lowest BCUT2D eigenvalue weighted by Crippen LogP contribution is -1.97. The molecule has 32 heavy (non-hydrogen) atoms. The van der Waals surface area contributed by atoms with Crippen LogP contribution in [0.5, 0.6) is 11.6 Å². The quantitative estimate of drug-likeness (QED) is 0.427. The molecule has 7 heteroatoms. The van der Waals surface area contributed by atoms with Crippen LogP contribution in [0.3, 0.4) is 0 Å². The minimum absolute atomic E-state index is 0.307. The first kappa shape index (κ1) is 19.5. The second-order valence-electron chi connectivity index (χ2n) is 7.33. The van der Waals surface area contributed by atoms with Gasteiger partial charge >= 0.3 is 0 Å². The summed E-state index contributed by atoms with van der Waals surface area (Å²) in [6, 6.07) is 25.1. The van der Waals surface area contributed by atoms with Crippen molar-refractivity contribution in [1.82, 2.24) is 14.9 Å². The number of aryl methyl sites for hydroxylation is 1. The first-order chi connectivity index (χ1) is 15.7. The summed E-state index contributed by atoms with van der Waals surface area (Å²) in [5.41, 5.74) is 11.1. The highest BCUT2D eigenvalue weighted by Crippen LogP contribution is 2.37. The summed E-state index contributed by atoms with van der Waals surface area (Å²) in [6.07, 6.45) is 0. The number of rotatable bonds is 5. The van der Waals surface area contributed by atoms with Gasteiger partial charge in [-0.05, 0) is 35.9 Å². The third-order valence-corrected chi connectivity index (χ3v) is 5.28. The molecule has 2 heterocycles. The van der Waals surface area contributed by atoms with Gasteiger partial charge in [0.15, 0.2) is 5.58 Å². The first-order valence-electron chi connectivity index (χ1n) is 10.1. The summed E-state index contributed by atoms with van der Waals surface area (Å²) in [5.74, 6) is 1.11. The maximum atomic E-state index is 9.41. The van der Waals surface area contributed by atoms with Crippen LogP contribution in [0.1, 0.15) is 11.3 Å². The lowest BCUT2D eigenvalue weighted by molar-refractivity contribution is 0.432. The maximum Gasteiger partial charge on any atom is 0.218 e. The molecule has 2 aromatic heterocycles. The minimum Gasteiger partial charge on any atom is -0.439 e. The molecule has 0 fully saturated rings. The summed E-state index contributed by atoms with van der Waals surface area (Å²) in [7, 11) is 1.82. The summed E-state index contributed by atoms with van der Waals surface area (Å²) >= 11 is 0. The van der Waals surface area contributed by atoms with Crippen LogP contribution in [0.25, 0.3) is 33.4 Å². The molecule has 0 atom stereocenters. The van der Waals surface area contributed by atoms with Crippen LogP contribution in [0.4, 0.5) is 0 Å². The Kier molecular flexibility index (Phi) is 4.90. The summed E-state index contributed by atoms with van der Waals surface area (Å²) in [5, 5.41) is 18.9. The Balaban J connectivity index is 1.56. The molecule has 156 valence electrons. The van der Waals surface area contributed by atoms with Gasteiger partial charge in [-0.2, -0.15) is 10.4 Å². The third-order valence-electron chi connectivity index (χ3n) is 5.28. The fourth-order valence-corrected chi connectivity index (χ4v) is 3.63. The first-order valence-corrected chi connectivity index (χ1v) is 10.1. The Morgan fingerprint density at radius 3 is 2.66 bits per heavy atom. The maximum absolute atomic E-state index is 9.41. The standard InChI is InChI=1S/C25H19N5O2/c1-30-25(13-21(28-30)17-5-3-2-4-6-17)31-23-11-16(14-26)7-9-19(23)18-8-10-20-22(15-27)29-32-24(20)12-18/h2-13H,15,27H2,1H3. The summed E-state index contributed by atoms with van der Waals surface area (Å²) < 4.78 is 13.4. The van der Waals surface area contributed by atoms with Gasteiger partial charge in [0.25, 0.3) is 0 Å². The van der Waals surface area contributed by atoms with E-state index in [2.05, 4.69) is 16.3 Å². The number of fused-ring (bicyclic) bond motifs is 1. The smallest absolute Gasteiger partial charge is 0.218 e. The van der Waals surface area contributed by atoms with Gasteiger partial charge in [0.1, 0.15) is 11.4 Å². The number of hydrogen-bond donors (Lipinski definition) is 1. The van der Waals surface area contributed by atoms with Crippen LogP contribution in [-0.4, -0.2) is 14.9 Å². The van der Waals surface area contributed by atoms with E-state index < -0.39 is 0 Å². The van der Waals surface area contributed by atoms with Crippen LogP contribution in [-0.2, 0) is 13.6 Å². The number of benzene rings is 3. The molecule has 5 rings (SSSR count). The van der Waals surface area contributed by atoms with Crippen molar-refractivity contribution in [3.63, 3.8) is 0 Å². The van der Waals surface area contributed by atoms with Crippen LogP contribution in [0, 0.1) is 11.3 Å². The van der Waals surface area contributed by atoms with Gasteiger partial charge in [-0.3, -0.25) is 0 Å². The van der Waals surface area contributed by atoms with Crippen LogP contribution in [0.15, 0.2) is 77.3 Å². The molecule has 2 N–H and O–H groups in total. The van der Waals surface area contributed by atoms with Crippen molar-refractivity contribution >= 4 is 11.0 Å². The zero-order valence-corrected chi connectivity index (χ0v) is 17.3. The van der Waals surface area contributed by atoms with Crippen molar-refractivity contribution in [3.8, 4) is 40.1 Å². The zero-order chi connectivity index (χ0) is 22.1. The van der Waals surface area contributed by atoms with E-state index in [1.54, 1.807) is 16.8 Å². The topological polar surface area (TPSA) is 103 Å². The molecule has 0 unspecified atom stereocenters. The highest BCUT2D eigenvalue weighted by atomic mass is 16.5. The van der Waals surface area contributed by atoms with E-state index in [1.165, 1.54) is 0 Å². The number of hydrogen-bond acceptors (Lipinski definition) is 6. The summed E-state index contributed by atoms with van der Waals surface area (Å²) in [4.78, 5) is 0. The largest absolute Gasteiger partial charge is 0.439 e. The van der Waals surface area contributed by atoms with Crippen molar-refractivity contribution in [2.75, 3.05) is 0 Å². The van der Waals surface area contributed by atoms with E-state index in [0.717, 1.165) is 27.8 Å². The van der Waals surface area contributed by atoms with Crippen LogP contribution < -0.4 is 10.5 Å². The number of nitriles is 1. The zero-order valence-electron chi connectivity index (χ0n) is 17.3. The molecule has 7 nitrogen and oxygen atoms in total. The highest BCUT2D eigenvalue weighted by Gasteiger charge is 2.15. The molecule has 0 spiro atoms. The Hall–Kier alpha value is -4.41. The minimum atomic E-state index is 0.307. The lowest BCUT2D eigenvalue weighted by atomic mass is 10.0. The molecule has 0 aliphatic heterocycles. The molecule has 0 radical (unpaired) electrons. The van der Waals surface area contributed by atoms with Crippen molar-refractivity contribution in [1.29, 1.82) is 5.26 Å². The van der Waals surface area contributed by atoms with Gasteiger partial charge in [-0.1, -0.05) is 41.6 Å². The van der Waals surface area contributed by atoms with Gasteiger partial charge in [-0.15, -0.1) is 0 Å². The van der Waals surface area contributed by atoms with Crippen LogP contribution >= 0.6 is 0 Å². The predicted octanol–water partition coefficient (Wildman–Crippen LogP) is 5.02. The van der Waals surface area contributed by atoms with Gasteiger partial charge in [-0.25, -0.2) is 4.68 Å². The monoisotopic (exact) mass is 421 g/mol. The Labute approximate surface area is 184 Å². The predicted molar refractivity (Wildman–Crippen MR) is 121 cm³/mol. The molecule has 0 aliphatic carbocycles. The Bertz CT molecular complexity index is 1460. The van der Waals surface area contributed by atoms with E-state index >= 15 is 0 Å². The van der Waals surface area contributed by atoms with Gasteiger partial charge in [0.05, 0.1) is 17.3 Å². The van der Waals surface area contributed by atoms with Crippen molar-refractivity contribution < 1.29 is 9.26 Å². The fraction of sp³-hybridized carbons (Fsp3) is 0.0800. The van der Waals surface area contributed by atoms with E-state index in [4.69, 9.17) is 15.0 Å². The van der Waals surface area contributed by atoms with Crippen molar-refractivity contribution in [2.45, 2.75) is 6.54 Å². The fourth-order valence-electron chi connectivity index (χ4n) is 3.63. The van der Waals surface area contributed by atoms with Gasteiger partial charge in [0.2, 0.25) is 5.88 Å². The molecule has 0 saturated carbocycles. The lowest BCUT2D eigenvalue weighted by Gasteiger charge is -2.12. The van der Waals surface area contributed by atoms with Gasteiger partial charge < -0.3 is 15.0 Å². The number of nitrogens with zero attached hydrogens (tertiary/aromatic N) is 4. The normalized spacial score (nSPS) is 10.9. The molecule has 0 amide bonds. The summed E-state index contributed by atoms with van der Waals surface area (Å²) in [6.45, 7) is 0.307. The van der Waals surface area contributed by atoms with Crippen molar-refractivity contribution in [3.05, 3.63) is 84.1 Å². The molecule has 5 aromatic rings. The number of aromatic nitrogens is 3. The van der Waals surface area contributed by atoms with Crippen LogP contribution in [0.2, 0.25) is 0 Å². The second kappa shape index (κ2) is 8.02. The van der Waals surface area contributed by atoms with E-state index in [-0.39, 0.29) is 0 Å². The molecular formula is C25H19N5O2. The third kappa shape index (κ3) is 3.49. The number of nitrogens with two attached hydrogens (primary N) is 1.